The van der Waals surface area contributed by atoms with Crippen molar-refractivity contribution >= 4 is 5.97 Å². The lowest BCUT2D eigenvalue weighted by Crippen LogP contribution is -2.13. The molecule has 0 heterocycles. The van der Waals surface area contributed by atoms with Gasteiger partial charge in [-0.05, 0) is 37.5 Å². The lowest BCUT2D eigenvalue weighted by Gasteiger charge is -2.13. The van der Waals surface area contributed by atoms with Crippen LogP contribution in [0, 0.1) is 20.8 Å². The molecule has 0 aliphatic carbocycles. The Bertz CT molecular complexity index is 346. The van der Waals surface area contributed by atoms with E-state index in [1.54, 1.807) is 0 Å². The Balaban J connectivity index is 3.27. The van der Waals surface area contributed by atoms with E-state index in [-0.39, 0.29) is 0 Å². The third kappa shape index (κ3) is 1.93. The van der Waals surface area contributed by atoms with E-state index in [0.29, 0.717) is 5.56 Å². The zero-order chi connectivity index (χ0) is 10.9. The number of aryl methyl sites for hydroxylation is 3. The highest BCUT2D eigenvalue weighted by Gasteiger charge is 2.20. The molecule has 0 saturated carbocycles. The van der Waals surface area contributed by atoms with Crippen molar-refractivity contribution in [1.82, 2.24) is 0 Å². The van der Waals surface area contributed by atoms with Crippen LogP contribution < -0.4 is 0 Å². The third-order valence-corrected chi connectivity index (χ3v) is 2.25. The predicted molar refractivity (Wildman–Crippen MR) is 53.2 cm³/mol. The van der Waals surface area contributed by atoms with Crippen molar-refractivity contribution in [2.75, 3.05) is 0 Å². The van der Waals surface area contributed by atoms with Gasteiger partial charge < -0.3 is 10.2 Å². The van der Waals surface area contributed by atoms with E-state index in [9.17, 15) is 9.90 Å². The van der Waals surface area contributed by atoms with Crippen molar-refractivity contribution in [2.45, 2.75) is 26.9 Å². The van der Waals surface area contributed by atoms with E-state index < -0.39 is 12.1 Å². The zero-order valence-corrected chi connectivity index (χ0v) is 8.53. The van der Waals surface area contributed by atoms with Gasteiger partial charge in [0.1, 0.15) is 0 Å². The molecule has 1 aromatic carbocycles. The number of carboxylic acid groups (broad SMARTS) is 1. The molecule has 0 radical (unpaired) electrons. The first-order valence-electron chi connectivity index (χ1n) is 4.42. The largest absolute Gasteiger partial charge is 0.479 e. The molecular formula is C11H14O3. The summed E-state index contributed by atoms with van der Waals surface area (Å²) in [5, 5.41) is 18.2. The molecule has 0 amide bonds. The second kappa shape index (κ2) is 3.80. The molecule has 0 aliphatic rings. The van der Waals surface area contributed by atoms with Crippen LogP contribution in [-0.4, -0.2) is 16.2 Å². The van der Waals surface area contributed by atoms with Gasteiger partial charge in [-0.25, -0.2) is 4.79 Å². The van der Waals surface area contributed by atoms with Gasteiger partial charge >= 0.3 is 5.97 Å². The van der Waals surface area contributed by atoms with Gasteiger partial charge in [0.25, 0.3) is 0 Å². The highest BCUT2D eigenvalue weighted by atomic mass is 16.4. The SMILES string of the molecule is Cc1cc(C)c([C@@H](O)C(=O)O)c(C)c1. The summed E-state index contributed by atoms with van der Waals surface area (Å²) < 4.78 is 0. The van der Waals surface area contributed by atoms with Crippen LogP contribution in [0.2, 0.25) is 0 Å². The molecule has 1 rings (SSSR count). The van der Waals surface area contributed by atoms with Crippen molar-refractivity contribution in [3.05, 3.63) is 34.4 Å². The summed E-state index contributed by atoms with van der Waals surface area (Å²) in [5.74, 6) is -1.21. The Kier molecular flexibility index (Phi) is 2.91. The maximum atomic E-state index is 10.6. The molecule has 1 aromatic rings. The number of rotatable bonds is 2. The first-order valence-corrected chi connectivity index (χ1v) is 4.42. The first-order chi connectivity index (χ1) is 6.43. The molecule has 0 bridgehead atoms. The lowest BCUT2D eigenvalue weighted by molar-refractivity contribution is -0.147. The van der Waals surface area contributed by atoms with Gasteiger partial charge in [0.2, 0.25) is 0 Å². The highest BCUT2D eigenvalue weighted by molar-refractivity contribution is 5.75. The zero-order valence-electron chi connectivity index (χ0n) is 8.53. The minimum absolute atomic E-state index is 0.503. The summed E-state index contributed by atoms with van der Waals surface area (Å²) >= 11 is 0. The molecule has 3 heteroatoms. The molecule has 3 nitrogen and oxygen atoms in total. The lowest BCUT2D eigenvalue weighted by atomic mass is 9.96. The Hall–Kier alpha value is -1.35. The van der Waals surface area contributed by atoms with E-state index in [1.807, 2.05) is 32.9 Å². The number of carbonyl (C=O) groups is 1. The van der Waals surface area contributed by atoms with E-state index >= 15 is 0 Å². The van der Waals surface area contributed by atoms with Gasteiger partial charge in [0, 0.05) is 0 Å². The minimum Gasteiger partial charge on any atom is -0.479 e. The molecule has 0 fully saturated rings. The van der Waals surface area contributed by atoms with E-state index in [0.717, 1.165) is 16.7 Å². The van der Waals surface area contributed by atoms with Crippen LogP contribution in [0.15, 0.2) is 12.1 Å². The summed E-state index contributed by atoms with van der Waals surface area (Å²) in [6.45, 7) is 5.56. The smallest absolute Gasteiger partial charge is 0.337 e. The van der Waals surface area contributed by atoms with Gasteiger partial charge in [-0.2, -0.15) is 0 Å². The van der Waals surface area contributed by atoms with Crippen molar-refractivity contribution in [3.8, 4) is 0 Å². The topological polar surface area (TPSA) is 57.5 Å². The molecule has 0 aliphatic heterocycles. The minimum atomic E-state index is -1.42. The fraction of sp³-hybridized carbons (Fsp3) is 0.364. The molecule has 1 atom stereocenters. The second-order valence-corrected chi connectivity index (χ2v) is 3.55. The van der Waals surface area contributed by atoms with Crippen LogP contribution >= 0.6 is 0 Å². The summed E-state index contributed by atoms with van der Waals surface area (Å²) in [5.41, 5.74) is 3.21. The standard InChI is InChI=1S/C11H14O3/c1-6-4-7(2)9(8(3)5-6)10(12)11(13)14/h4-5,10,12H,1-3H3,(H,13,14)/t10-/m1/s1. The molecule has 76 valence electrons. The highest BCUT2D eigenvalue weighted by Crippen LogP contribution is 2.23. The molecular weight excluding hydrogens is 180 g/mol. The number of hydrogen-bond acceptors (Lipinski definition) is 2. The fourth-order valence-corrected chi connectivity index (χ4v) is 1.75. The summed E-state index contributed by atoms with van der Waals surface area (Å²) in [6, 6.07) is 3.74. The van der Waals surface area contributed by atoms with E-state index in [4.69, 9.17) is 5.11 Å². The molecule has 14 heavy (non-hydrogen) atoms. The quantitative estimate of drug-likeness (QED) is 0.753. The third-order valence-electron chi connectivity index (χ3n) is 2.25. The molecule has 0 unspecified atom stereocenters. The van der Waals surface area contributed by atoms with E-state index in [1.165, 1.54) is 0 Å². The van der Waals surface area contributed by atoms with Crippen LogP contribution in [0.1, 0.15) is 28.4 Å². The Morgan fingerprint density at radius 2 is 1.64 bits per heavy atom. The van der Waals surface area contributed by atoms with Gasteiger partial charge in [0.05, 0.1) is 0 Å². The predicted octanol–water partition coefficient (Wildman–Crippen LogP) is 1.73. The van der Waals surface area contributed by atoms with Crippen molar-refractivity contribution in [3.63, 3.8) is 0 Å². The second-order valence-electron chi connectivity index (χ2n) is 3.55. The molecule has 0 aromatic heterocycles. The maximum absolute atomic E-state index is 10.6. The maximum Gasteiger partial charge on any atom is 0.337 e. The Labute approximate surface area is 83.0 Å². The van der Waals surface area contributed by atoms with Crippen molar-refractivity contribution in [2.24, 2.45) is 0 Å². The van der Waals surface area contributed by atoms with Gasteiger partial charge in [0.15, 0.2) is 6.10 Å². The van der Waals surface area contributed by atoms with Gasteiger partial charge in [-0.3, -0.25) is 0 Å². The van der Waals surface area contributed by atoms with Crippen LogP contribution in [0.3, 0.4) is 0 Å². The molecule has 0 spiro atoms. The number of aliphatic hydroxyl groups excluding tert-OH is 1. The summed E-state index contributed by atoms with van der Waals surface area (Å²) in [6.07, 6.45) is -1.42. The monoisotopic (exact) mass is 194 g/mol. The van der Waals surface area contributed by atoms with Crippen LogP contribution in [0.5, 0.6) is 0 Å². The normalized spacial score (nSPS) is 12.6. The van der Waals surface area contributed by atoms with Gasteiger partial charge in [-0.15, -0.1) is 0 Å². The van der Waals surface area contributed by atoms with Crippen LogP contribution in [-0.2, 0) is 4.79 Å². The number of benzene rings is 1. The number of aliphatic hydroxyl groups is 1. The summed E-state index contributed by atoms with van der Waals surface area (Å²) in [4.78, 5) is 10.6. The molecule has 0 saturated heterocycles. The average Bonchev–Trinajstić information content (AvgIpc) is 2.01. The fourth-order valence-electron chi connectivity index (χ4n) is 1.75. The number of hydrogen-bond donors (Lipinski definition) is 2. The Morgan fingerprint density at radius 3 is 2.00 bits per heavy atom. The number of aliphatic carboxylic acids is 1. The van der Waals surface area contributed by atoms with Gasteiger partial charge in [-0.1, -0.05) is 17.7 Å². The van der Waals surface area contributed by atoms with Crippen molar-refractivity contribution < 1.29 is 15.0 Å². The molecule has 2 N–H and O–H groups in total. The van der Waals surface area contributed by atoms with Crippen molar-refractivity contribution in [1.29, 1.82) is 0 Å². The first kappa shape index (κ1) is 10.7. The van der Waals surface area contributed by atoms with Crippen LogP contribution in [0.25, 0.3) is 0 Å². The summed E-state index contributed by atoms with van der Waals surface area (Å²) in [7, 11) is 0. The average molecular weight is 194 g/mol. The number of carboxylic acids is 1. The Morgan fingerprint density at radius 1 is 1.21 bits per heavy atom. The van der Waals surface area contributed by atoms with E-state index in [2.05, 4.69) is 0 Å². The van der Waals surface area contributed by atoms with Crippen LogP contribution in [0.4, 0.5) is 0 Å².